The molecule has 0 aromatic heterocycles. The third kappa shape index (κ3) is 3.63. The summed E-state index contributed by atoms with van der Waals surface area (Å²) < 4.78 is 53.4. The lowest BCUT2D eigenvalue weighted by Gasteiger charge is -2.16. The van der Waals surface area contributed by atoms with Crippen molar-refractivity contribution in [3.63, 3.8) is 0 Å². The first-order chi connectivity index (χ1) is 8.77. The second-order valence-corrected chi connectivity index (χ2v) is 3.45. The van der Waals surface area contributed by atoms with Gasteiger partial charge in [-0.25, -0.2) is 8.78 Å². The van der Waals surface area contributed by atoms with Crippen molar-refractivity contribution in [3.05, 3.63) is 33.9 Å². The highest BCUT2D eigenvalue weighted by Gasteiger charge is 2.41. The smallest absolute Gasteiger partial charge is 0.340 e. The Bertz CT molecular complexity index is 492. The number of nitrogens with zero attached hydrogens (tertiary/aromatic N) is 1. The Hall–Kier alpha value is -2.19. The van der Waals surface area contributed by atoms with Crippen LogP contribution in [0, 0.1) is 10.1 Å². The first-order valence-corrected chi connectivity index (χ1v) is 4.80. The lowest BCUT2D eigenvalue weighted by atomic mass is 10.2. The van der Waals surface area contributed by atoms with E-state index in [0.717, 1.165) is 18.2 Å². The second kappa shape index (κ2) is 5.63. The van der Waals surface area contributed by atoms with Crippen LogP contribution in [0.2, 0.25) is 0 Å². The fourth-order valence-corrected chi connectivity index (χ4v) is 1.11. The normalized spacial score (nSPS) is 11.4. The van der Waals surface area contributed by atoms with Gasteiger partial charge in [-0.05, 0) is 6.07 Å². The summed E-state index contributed by atoms with van der Waals surface area (Å²) in [5, 5.41) is 10.4. The van der Waals surface area contributed by atoms with E-state index in [1.807, 2.05) is 0 Å². The molecule has 0 heterocycles. The minimum absolute atomic E-state index is 0.142. The number of benzene rings is 1. The average molecular weight is 281 g/mol. The van der Waals surface area contributed by atoms with Crippen LogP contribution in [0.3, 0.4) is 0 Å². The van der Waals surface area contributed by atoms with Gasteiger partial charge in [-0.2, -0.15) is 8.78 Å². The zero-order valence-corrected chi connectivity index (χ0v) is 9.19. The maximum atomic E-state index is 12.6. The summed E-state index contributed by atoms with van der Waals surface area (Å²) in [5.41, 5.74) is -0.825. The van der Waals surface area contributed by atoms with E-state index in [1.165, 1.54) is 0 Å². The molecule has 1 aromatic rings. The van der Waals surface area contributed by atoms with Crippen molar-refractivity contribution >= 4 is 12.0 Å². The number of hydrogen-bond acceptors (Lipinski definition) is 4. The Morgan fingerprint density at radius 1 is 1.42 bits per heavy atom. The number of rotatable bonds is 6. The van der Waals surface area contributed by atoms with Gasteiger partial charge in [0.25, 0.3) is 5.69 Å². The molecule has 1 rings (SSSR count). The van der Waals surface area contributed by atoms with Crippen molar-refractivity contribution < 1.29 is 32.0 Å². The topological polar surface area (TPSA) is 69.4 Å². The van der Waals surface area contributed by atoms with E-state index in [2.05, 4.69) is 4.74 Å². The van der Waals surface area contributed by atoms with E-state index >= 15 is 0 Å². The van der Waals surface area contributed by atoms with Gasteiger partial charge < -0.3 is 4.74 Å². The Balaban J connectivity index is 2.90. The van der Waals surface area contributed by atoms with E-state index in [4.69, 9.17) is 0 Å². The van der Waals surface area contributed by atoms with E-state index < -0.39 is 35.3 Å². The first-order valence-electron chi connectivity index (χ1n) is 4.80. The molecule has 5 nitrogen and oxygen atoms in total. The number of carbonyl (C=O) groups is 1. The molecule has 0 bridgehead atoms. The number of halogens is 4. The number of ether oxygens (including phenoxy) is 1. The van der Waals surface area contributed by atoms with E-state index in [1.54, 1.807) is 0 Å². The van der Waals surface area contributed by atoms with Crippen LogP contribution in [-0.2, 0) is 0 Å². The molecule has 0 saturated heterocycles. The van der Waals surface area contributed by atoms with E-state index in [0.29, 0.717) is 0 Å². The van der Waals surface area contributed by atoms with Crippen LogP contribution in [-0.4, -0.2) is 30.2 Å². The SMILES string of the molecule is O=Cc1cc([N+](=O)[O-])ccc1OCC(F)(F)C(F)F. The largest absolute Gasteiger partial charge is 0.486 e. The molecule has 0 aliphatic heterocycles. The van der Waals surface area contributed by atoms with E-state index in [9.17, 15) is 32.5 Å². The Morgan fingerprint density at radius 3 is 2.53 bits per heavy atom. The molecule has 0 aliphatic rings. The highest BCUT2D eigenvalue weighted by Crippen LogP contribution is 2.27. The van der Waals surface area contributed by atoms with Crippen LogP contribution in [0.15, 0.2) is 18.2 Å². The Labute approximate surface area is 103 Å². The van der Waals surface area contributed by atoms with Crippen LogP contribution < -0.4 is 4.74 Å². The monoisotopic (exact) mass is 281 g/mol. The summed E-state index contributed by atoms with van der Waals surface area (Å²) >= 11 is 0. The van der Waals surface area contributed by atoms with Crippen molar-refractivity contribution in [1.82, 2.24) is 0 Å². The number of non-ortho nitro benzene ring substituents is 1. The molecule has 0 aliphatic carbocycles. The van der Waals surface area contributed by atoms with Crippen molar-refractivity contribution in [2.45, 2.75) is 12.3 Å². The van der Waals surface area contributed by atoms with Gasteiger partial charge in [-0.1, -0.05) is 0 Å². The van der Waals surface area contributed by atoms with Gasteiger partial charge in [0.1, 0.15) is 5.75 Å². The van der Waals surface area contributed by atoms with Crippen molar-refractivity contribution in [1.29, 1.82) is 0 Å². The minimum atomic E-state index is -4.37. The Kier molecular flexibility index (Phi) is 4.41. The fraction of sp³-hybridized carbons (Fsp3) is 0.300. The van der Waals surface area contributed by atoms with Crippen LogP contribution in [0.1, 0.15) is 10.4 Å². The molecule has 1 aromatic carbocycles. The van der Waals surface area contributed by atoms with Gasteiger partial charge in [0, 0.05) is 12.1 Å². The summed E-state index contributed by atoms with van der Waals surface area (Å²) in [6, 6.07) is 2.59. The molecule has 9 heteroatoms. The van der Waals surface area contributed by atoms with Crippen LogP contribution in [0.5, 0.6) is 5.75 Å². The van der Waals surface area contributed by atoms with Gasteiger partial charge in [0.05, 0.1) is 10.5 Å². The van der Waals surface area contributed by atoms with Gasteiger partial charge in [-0.3, -0.25) is 14.9 Å². The molecule has 104 valence electrons. The van der Waals surface area contributed by atoms with Crippen LogP contribution >= 0.6 is 0 Å². The molecule has 0 saturated carbocycles. The molecule has 0 radical (unpaired) electrons. The standard InChI is InChI=1S/C10H7F4NO4/c11-9(12)10(13,14)5-19-8-2-1-7(15(17)18)3-6(8)4-16/h1-4,9H,5H2. The predicted octanol–water partition coefficient (Wildman–Crippen LogP) is 2.69. The number of alkyl halides is 4. The zero-order chi connectivity index (χ0) is 14.6. The summed E-state index contributed by atoms with van der Waals surface area (Å²) in [4.78, 5) is 20.2. The molecule has 0 atom stereocenters. The highest BCUT2D eigenvalue weighted by atomic mass is 19.3. The number of nitro benzene ring substituents is 1. The van der Waals surface area contributed by atoms with Gasteiger partial charge in [-0.15, -0.1) is 0 Å². The van der Waals surface area contributed by atoms with Crippen molar-refractivity contribution in [2.24, 2.45) is 0 Å². The average Bonchev–Trinajstić information content (AvgIpc) is 2.35. The first kappa shape index (κ1) is 14.9. The fourth-order valence-electron chi connectivity index (χ4n) is 1.11. The highest BCUT2D eigenvalue weighted by molar-refractivity contribution is 5.80. The maximum Gasteiger partial charge on any atom is 0.340 e. The molecule has 0 N–H and O–H groups in total. The molecule has 0 unspecified atom stereocenters. The molecular weight excluding hydrogens is 274 g/mol. The molecule has 0 amide bonds. The molecule has 0 fully saturated rings. The van der Waals surface area contributed by atoms with Crippen molar-refractivity contribution in [3.8, 4) is 5.75 Å². The second-order valence-electron chi connectivity index (χ2n) is 3.45. The summed E-state index contributed by atoms with van der Waals surface area (Å²) in [5.74, 6) is -4.80. The maximum absolute atomic E-state index is 12.6. The molecule has 0 spiro atoms. The number of carbonyl (C=O) groups excluding carboxylic acids is 1. The van der Waals surface area contributed by atoms with Crippen LogP contribution in [0.25, 0.3) is 0 Å². The zero-order valence-electron chi connectivity index (χ0n) is 9.19. The number of nitro groups is 1. The summed E-state index contributed by atoms with van der Waals surface area (Å²) in [6.45, 7) is -1.64. The quantitative estimate of drug-likeness (QED) is 0.348. The Morgan fingerprint density at radius 2 is 2.05 bits per heavy atom. The van der Waals surface area contributed by atoms with Gasteiger partial charge >= 0.3 is 12.3 Å². The van der Waals surface area contributed by atoms with Crippen LogP contribution in [0.4, 0.5) is 23.2 Å². The van der Waals surface area contributed by atoms with E-state index in [-0.39, 0.29) is 11.8 Å². The number of hydrogen-bond donors (Lipinski definition) is 0. The third-order valence-corrected chi connectivity index (χ3v) is 2.07. The lowest BCUT2D eigenvalue weighted by Crippen LogP contribution is -2.33. The van der Waals surface area contributed by atoms with Gasteiger partial charge in [0.15, 0.2) is 12.9 Å². The number of aldehydes is 1. The molecular formula is C10H7F4NO4. The predicted molar refractivity (Wildman–Crippen MR) is 54.9 cm³/mol. The lowest BCUT2D eigenvalue weighted by molar-refractivity contribution is -0.384. The van der Waals surface area contributed by atoms with Gasteiger partial charge in [0.2, 0.25) is 0 Å². The molecule has 19 heavy (non-hydrogen) atoms. The minimum Gasteiger partial charge on any atom is -0.486 e. The third-order valence-electron chi connectivity index (χ3n) is 2.07. The summed E-state index contributed by atoms with van der Waals surface area (Å²) in [7, 11) is 0. The summed E-state index contributed by atoms with van der Waals surface area (Å²) in [6.07, 6.45) is -3.77. The van der Waals surface area contributed by atoms with Crippen molar-refractivity contribution in [2.75, 3.05) is 6.61 Å².